The molecule has 2 rings (SSSR count). The highest BCUT2D eigenvalue weighted by molar-refractivity contribution is 5.99. The van der Waals surface area contributed by atoms with E-state index in [1.165, 1.54) is 0 Å². The molecule has 0 aromatic heterocycles. The molecule has 0 fully saturated rings. The van der Waals surface area contributed by atoms with Crippen molar-refractivity contribution in [3.63, 3.8) is 0 Å². The minimum atomic E-state index is -0.999. The van der Waals surface area contributed by atoms with Crippen LogP contribution in [0.4, 0.5) is 16.2 Å². The lowest BCUT2D eigenvalue weighted by molar-refractivity contribution is -0.138. The Balaban J connectivity index is 1.85. The zero-order valence-corrected chi connectivity index (χ0v) is 12.5. The molecule has 0 saturated heterocycles. The number of aryl methyl sites for hydroxylation is 1. The molecule has 0 spiro atoms. The molecule has 0 unspecified atom stereocenters. The lowest BCUT2D eigenvalue weighted by Gasteiger charge is -2.09. The molecule has 2 aromatic rings. The number of nitrogens with two attached hydrogens (primary N) is 1. The number of para-hydroxylation sites is 1. The van der Waals surface area contributed by atoms with Crippen LogP contribution in [0, 0.1) is 0 Å². The number of carbonyl (C=O) groups is 2. The molecule has 0 aliphatic carbocycles. The van der Waals surface area contributed by atoms with Gasteiger partial charge in [0, 0.05) is 11.4 Å². The van der Waals surface area contributed by atoms with E-state index in [0.29, 0.717) is 24.2 Å². The molecule has 2 aromatic carbocycles. The summed E-state index contributed by atoms with van der Waals surface area (Å²) in [5, 5.41) is 14.2. The second-order valence-corrected chi connectivity index (χ2v) is 5.13. The van der Waals surface area contributed by atoms with Crippen molar-refractivity contribution in [2.75, 3.05) is 10.6 Å². The van der Waals surface area contributed by atoms with Crippen LogP contribution in [-0.4, -0.2) is 23.1 Å². The number of aliphatic carboxylic acids is 1. The summed E-state index contributed by atoms with van der Waals surface area (Å²) in [5.41, 5.74) is 7.81. The fraction of sp³-hybridized carbons (Fsp3) is 0.176. The summed E-state index contributed by atoms with van der Waals surface area (Å²) in [5.74, 6) is -0.999. The van der Waals surface area contributed by atoms with Gasteiger partial charge in [-0.3, -0.25) is 4.79 Å². The highest BCUT2D eigenvalue weighted by Gasteiger charge is 2.11. The van der Waals surface area contributed by atoms with Gasteiger partial charge >= 0.3 is 12.0 Å². The summed E-state index contributed by atoms with van der Waals surface area (Å²) in [7, 11) is 0. The second-order valence-electron chi connectivity index (χ2n) is 5.13. The van der Waals surface area contributed by atoms with Gasteiger partial charge in [-0.25, -0.2) is 4.79 Å². The van der Waals surface area contributed by atoms with Gasteiger partial charge in [-0.05, 0) is 42.7 Å². The van der Waals surface area contributed by atoms with Gasteiger partial charge in [0.2, 0.25) is 0 Å². The van der Waals surface area contributed by atoms with E-state index >= 15 is 0 Å². The van der Waals surface area contributed by atoms with Crippen molar-refractivity contribution in [1.82, 2.24) is 0 Å². The molecule has 0 bridgehead atoms. The molecule has 0 aliphatic heterocycles. The number of anilines is 2. The van der Waals surface area contributed by atoms with E-state index in [1.54, 1.807) is 24.3 Å². The van der Waals surface area contributed by atoms with Crippen molar-refractivity contribution >= 4 is 23.4 Å². The van der Waals surface area contributed by atoms with Gasteiger partial charge in [-0.2, -0.15) is 0 Å². The number of nitrogens with one attached hydrogen (secondary N) is 2. The van der Waals surface area contributed by atoms with Crippen molar-refractivity contribution in [1.29, 1.82) is 0 Å². The molecule has 0 radical (unpaired) electrons. The van der Waals surface area contributed by atoms with Crippen LogP contribution in [0.5, 0.6) is 0 Å². The van der Waals surface area contributed by atoms with Crippen LogP contribution in [0.1, 0.15) is 12.0 Å². The summed E-state index contributed by atoms with van der Waals surface area (Å²) >= 11 is 0. The number of hydrogen-bond donors (Lipinski definition) is 4. The fourth-order valence-corrected chi connectivity index (χ4v) is 2.02. The summed E-state index contributed by atoms with van der Waals surface area (Å²) in [6.07, 6.45) is 0.945. The van der Waals surface area contributed by atoms with Crippen LogP contribution in [0.15, 0.2) is 54.6 Å². The Morgan fingerprint density at radius 1 is 0.957 bits per heavy atom. The number of amides is 2. The number of hydrogen-bond acceptors (Lipinski definition) is 3. The molecule has 23 heavy (non-hydrogen) atoms. The Kier molecular flexibility index (Phi) is 5.71. The van der Waals surface area contributed by atoms with E-state index in [4.69, 9.17) is 10.8 Å². The molecular weight excluding hydrogens is 294 g/mol. The number of urea groups is 1. The van der Waals surface area contributed by atoms with Crippen LogP contribution < -0.4 is 16.4 Å². The highest BCUT2D eigenvalue weighted by Crippen LogP contribution is 2.13. The number of carboxylic acids is 1. The molecule has 1 atom stereocenters. The molecule has 0 heterocycles. The van der Waals surface area contributed by atoms with Crippen LogP contribution in [0.2, 0.25) is 0 Å². The van der Waals surface area contributed by atoms with E-state index in [-0.39, 0.29) is 6.03 Å². The number of benzene rings is 2. The first kappa shape index (κ1) is 16.5. The second kappa shape index (κ2) is 7.95. The first-order valence-corrected chi connectivity index (χ1v) is 7.25. The van der Waals surface area contributed by atoms with Crippen LogP contribution in [-0.2, 0) is 11.2 Å². The lowest BCUT2D eigenvalue weighted by Crippen LogP contribution is -2.30. The van der Waals surface area contributed by atoms with Gasteiger partial charge in [0.1, 0.15) is 6.04 Å². The van der Waals surface area contributed by atoms with E-state index in [1.807, 2.05) is 30.3 Å². The molecule has 0 aliphatic rings. The van der Waals surface area contributed by atoms with Gasteiger partial charge in [0.15, 0.2) is 0 Å². The summed E-state index contributed by atoms with van der Waals surface area (Å²) in [6.45, 7) is 0. The van der Waals surface area contributed by atoms with Gasteiger partial charge in [-0.1, -0.05) is 30.3 Å². The predicted molar refractivity (Wildman–Crippen MR) is 89.5 cm³/mol. The topological polar surface area (TPSA) is 104 Å². The van der Waals surface area contributed by atoms with Crippen LogP contribution in [0.3, 0.4) is 0 Å². The Hall–Kier alpha value is -2.86. The Morgan fingerprint density at radius 2 is 1.52 bits per heavy atom. The van der Waals surface area contributed by atoms with Crippen LogP contribution in [0.25, 0.3) is 0 Å². The third-order valence-electron chi connectivity index (χ3n) is 3.30. The van der Waals surface area contributed by atoms with E-state index in [9.17, 15) is 9.59 Å². The molecule has 2 amide bonds. The van der Waals surface area contributed by atoms with Crippen molar-refractivity contribution in [2.45, 2.75) is 18.9 Å². The SMILES string of the molecule is N[C@@H](CCc1ccc(NC(=O)Nc2ccccc2)cc1)C(=O)O. The minimum Gasteiger partial charge on any atom is -0.480 e. The van der Waals surface area contributed by atoms with E-state index < -0.39 is 12.0 Å². The van der Waals surface area contributed by atoms with Crippen molar-refractivity contribution in [2.24, 2.45) is 5.73 Å². The minimum absolute atomic E-state index is 0.322. The van der Waals surface area contributed by atoms with Gasteiger partial charge < -0.3 is 21.5 Å². The zero-order valence-electron chi connectivity index (χ0n) is 12.5. The van der Waals surface area contributed by atoms with Gasteiger partial charge in [-0.15, -0.1) is 0 Å². The van der Waals surface area contributed by atoms with Crippen molar-refractivity contribution < 1.29 is 14.7 Å². The maximum atomic E-state index is 11.9. The maximum Gasteiger partial charge on any atom is 0.323 e. The monoisotopic (exact) mass is 313 g/mol. The average Bonchev–Trinajstić information content (AvgIpc) is 2.54. The lowest BCUT2D eigenvalue weighted by atomic mass is 10.1. The number of rotatable bonds is 6. The zero-order chi connectivity index (χ0) is 16.7. The first-order valence-electron chi connectivity index (χ1n) is 7.25. The molecule has 5 N–H and O–H groups in total. The highest BCUT2D eigenvalue weighted by atomic mass is 16.4. The van der Waals surface area contributed by atoms with Crippen molar-refractivity contribution in [3.8, 4) is 0 Å². The van der Waals surface area contributed by atoms with Crippen molar-refractivity contribution in [3.05, 3.63) is 60.2 Å². The largest absolute Gasteiger partial charge is 0.480 e. The third-order valence-corrected chi connectivity index (χ3v) is 3.30. The fourth-order valence-electron chi connectivity index (χ4n) is 2.02. The summed E-state index contributed by atoms with van der Waals surface area (Å²) in [4.78, 5) is 22.5. The Bertz CT molecular complexity index is 657. The standard InChI is InChI=1S/C17H19N3O3/c18-15(16(21)22)11-8-12-6-9-14(10-7-12)20-17(23)19-13-4-2-1-3-5-13/h1-7,9-10,15H,8,11,18H2,(H,21,22)(H2,19,20,23)/t15-/m0/s1. The normalized spacial score (nSPS) is 11.5. The Labute approximate surface area is 134 Å². The number of carbonyl (C=O) groups excluding carboxylic acids is 1. The third kappa shape index (κ3) is 5.44. The first-order chi connectivity index (χ1) is 11.0. The summed E-state index contributed by atoms with van der Waals surface area (Å²) < 4.78 is 0. The predicted octanol–water partition coefficient (Wildman–Crippen LogP) is 2.68. The molecule has 0 saturated carbocycles. The van der Waals surface area contributed by atoms with Gasteiger partial charge in [0.25, 0.3) is 0 Å². The quantitative estimate of drug-likeness (QED) is 0.658. The molecular formula is C17H19N3O3. The summed E-state index contributed by atoms with van der Waals surface area (Å²) in [6, 6.07) is 15.2. The Morgan fingerprint density at radius 3 is 2.09 bits per heavy atom. The van der Waals surface area contributed by atoms with Gasteiger partial charge in [0.05, 0.1) is 0 Å². The molecule has 120 valence electrons. The van der Waals surface area contributed by atoms with Crippen LogP contribution >= 0.6 is 0 Å². The smallest absolute Gasteiger partial charge is 0.323 e. The van der Waals surface area contributed by atoms with E-state index in [2.05, 4.69) is 10.6 Å². The maximum absolute atomic E-state index is 11.9. The molecule has 6 nitrogen and oxygen atoms in total. The average molecular weight is 313 g/mol. The molecule has 6 heteroatoms. The number of carboxylic acid groups (broad SMARTS) is 1. The van der Waals surface area contributed by atoms with E-state index in [0.717, 1.165) is 5.56 Å².